The van der Waals surface area contributed by atoms with Gasteiger partial charge in [0.1, 0.15) is 0 Å². The zero-order chi connectivity index (χ0) is 12.5. The predicted octanol–water partition coefficient (Wildman–Crippen LogP) is 1.61. The number of aromatic nitrogens is 3. The van der Waals surface area contributed by atoms with E-state index in [0.29, 0.717) is 17.9 Å². The molecule has 5 nitrogen and oxygen atoms in total. The lowest BCUT2D eigenvalue weighted by Crippen LogP contribution is -2.26. The van der Waals surface area contributed by atoms with Gasteiger partial charge in [-0.15, -0.1) is 5.10 Å². The van der Waals surface area contributed by atoms with Gasteiger partial charge in [0.2, 0.25) is 5.95 Å². The molecule has 2 N–H and O–H groups in total. The van der Waals surface area contributed by atoms with Gasteiger partial charge in [-0.25, -0.2) is 4.52 Å². The fourth-order valence-electron chi connectivity index (χ4n) is 2.71. The second kappa shape index (κ2) is 4.57. The van der Waals surface area contributed by atoms with Gasteiger partial charge in [-0.3, -0.25) is 0 Å². The van der Waals surface area contributed by atoms with Crippen molar-refractivity contribution in [3.05, 3.63) is 23.9 Å². The van der Waals surface area contributed by atoms with Crippen molar-refractivity contribution in [2.45, 2.75) is 32.2 Å². The third-order valence-corrected chi connectivity index (χ3v) is 3.76. The van der Waals surface area contributed by atoms with Gasteiger partial charge in [-0.1, -0.05) is 12.5 Å². The van der Waals surface area contributed by atoms with Crippen molar-refractivity contribution in [2.24, 2.45) is 5.92 Å². The van der Waals surface area contributed by atoms with Gasteiger partial charge < -0.3 is 10.4 Å². The second-order valence-electron chi connectivity index (χ2n) is 5.00. The number of aryl methyl sites for hydroxylation is 1. The topological polar surface area (TPSA) is 62.5 Å². The van der Waals surface area contributed by atoms with Crippen LogP contribution in [0.1, 0.15) is 25.0 Å². The van der Waals surface area contributed by atoms with Crippen LogP contribution in [0.3, 0.4) is 0 Å². The second-order valence-corrected chi connectivity index (χ2v) is 5.00. The molecule has 1 aliphatic rings. The number of fused-ring (bicyclic) bond motifs is 1. The van der Waals surface area contributed by atoms with Crippen LogP contribution in [0.15, 0.2) is 18.2 Å². The van der Waals surface area contributed by atoms with E-state index in [-0.39, 0.29) is 6.61 Å². The van der Waals surface area contributed by atoms with Gasteiger partial charge in [0.05, 0.1) is 0 Å². The van der Waals surface area contributed by atoms with Crippen LogP contribution in [0, 0.1) is 12.8 Å². The summed E-state index contributed by atoms with van der Waals surface area (Å²) in [5.74, 6) is 0.993. The van der Waals surface area contributed by atoms with Crippen molar-refractivity contribution in [1.29, 1.82) is 0 Å². The third-order valence-electron chi connectivity index (χ3n) is 3.76. The Balaban J connectivity index is 1.84. The van der Waals surface area contributed by atoms with Gasteiger partial charge in [-0.05, 0) is 31.9 Å². The summed E-state index contributed by atoms with van der Waals surface area (Å²) in [5, 5.41) is 17.1. The van der Waals surface area contributed by atoms with Crippen molar-refractivity contribution in [3.8, 4) is 0 Å². The highest BCUT2D eigenvalue weighted by Gasteiger charge is 2.27. The monoisotopic (exact) mass is 246 g/mol. The van der Waals surface area contributed by atoms with Crippen molar-refractivity contribution in [1.82, 2.24) is 14.6 Å². The molecule has 2 aromatic rings. The molecule has 0 amide bonds. The van der Waals surface area contributed by atoms with Crippen molar-refractivity contribution >= 4 is 11.6 Å². The van der Waals surface area contributed by atoms with E-state index >= 15 is 0 Å². The summed E-state index contributed by atoms with van der Waals surface area (Å²) >= 11 is 0. The zero-order valence-electron chi connectivity index (χ0n) is 10.5. The fourth-order valence-corrected chi connectivity index (χ4v) is 2.71. The Hall–Kier alpha value is -1.62. The summed E-state index contributed by atoms with van der Waals surface area (Å²) in [7, 11) is 0. The molecule has 2 atom stereocenters. The van der Waals surface area contributed by atoms with E-state index in [1.807, 2.05) is 29.6 Å². The van der Waals surface area contributed by atoms with Gasteiger partial charge >= 0.3 is 0 Å². The Bertz CT molecular complexity index is 551. The SMILES string of the molecule is Cc1cccc2nc(NC3CCCC3CO)nn12. The summed E-state index contributed by atoms with van der Waals surface area (Å²) in [6, 6.07) is 6.24. The molecular weight excluding hydrogens is 228 g/mol. The number of hydrogen-bond donors (Lipinski definition) is 2. The van der Waals surface area contributed by atoms with Crippen molar-refractivity contribution in [2.75, 3.05) is 11.9 Å². The average molecular weight is 246 g/mol. The molecule has 2 unspecified atom stereocenters. The van der Waals surface area contributed by atoms with Crippen LogP contribution in [-0.4, -0.2) is 32.4 Å². The first-order valence-electron chi connectivity index (χ1n) is 6.48. The zero-order valence-corrected chi connectivity index (χ0v) is 10.5. The van der Waals surface area contributed by atoms with E-state index in [1.165, 1.54) is 0 Å². The van der Waals surface area contributed by atoms with Crippen molar-refractivity contribution in [3.63, 3.8) is 0 Å². The van der Waals surface area contributed by atoms with Crippen LogP contribution in [0.2, 0.25) is 0 Å². The van der Waals surface area contributed by atoms with Crippen molar-refractivity contribution < 1.29 is 5.11 Å². The molecule has 18 heavy (non-hydrogen) atoms. The standard InChI is InChI=1S/C13H18N4O/c1-9-4-2-7-12-15-13(16-17(9)12)14-11-6-3-5-10(11)8-18/h2,4,7,10-11,18H,3,5-6,8H2,1H3,(H,14,16). The summed E-state index contributed by atoms with van der Waals surface area (Å²) in [4.78, 5) is 4.46. The van der Waals surface area contributed by atoms with Crippen LogP contribution in [0.5, 0.6) is 0 Å². The average Bonchev–Trinajstić information content (AvgIpc) is 2.96. The lowest BCUT2D eigenvalue weighted by molar-refractivity contribution is 0.222. The molecule has 1 aliphatic carbocycles. The Kier molecular flexibility index (Phi) is 2.91. The number of nitrogens with zero attached hydrogens (tertiary/aromatic N) is 3. The Morgan fingerprint density at radius 1 is 1.44 bits per heavy atom. The van der Waals surface area contributed by atoms with E-state index in [9.17, 15) is 5.11 Å². The first kappa shape index (κ1) is 11.5. The molecule has 0 aliphatic heterocycles. The van der Waals surface area contributed by atoms with Gasteiger partial charge in [0.15, 0.2) is 5.65 Å². The minimum absolute atomic E-state index is 0.240. The van der Waals surface area contributed by atoms with Crippen LogP contribution >= 0.6 is 0 Å². The number of aliphatic hydroxyl groups is 1. The Morgan fingerprint density at radius 2 is 2.33 bits per heavy atom. The summed E-state index contributed by atoms with van der Waals surface area (Å²) in [6.07, 6.45) is 3.33. The van der Waals surface area contributed by atoms with E-state index < -0.39 is 0 Å². The van der Waals surface area contributed by atoms with E-state index in [4.69, 9.17) is 0 Å². The first-order valence-corrected chi connectivity index (χ1v) is 6.48. The number of anilines is 1. The van der Waals surface area contributed by atoms with Crippen LogP contribution in [0.25, 0.3) is 5.65 Å². The summed E-state index contributed by atoms with van der Waals surface area (Å²) in [6.45, 7) is 2.25. The summed E-state index contributed by atoms with van der Waals surface area (Å²) in [5.41, 5.74) is 1.93. The summed E-state index contributed by atoms with van der Waals surface area (Å²) < 4.78 is 1.84. The third kappa shape index (κ3) is 1.95. The largest absolute Gasteiger partial charge is 0.396 e. The molecule has 0 bridgehead atoms. The number of nitrogens with one attached hydrogen (secondary N) is 1. The molecule has 0 radical (unpaired) electrons. The quantitative estimate of drug-likeness (QED) is 0.863. The highest BCUT2D eigenvalue weighted by Crippen LogP contribution is 2.27. The van der Waals surface area contributed by atoms with Gasteiger partial charge in [0.25, 0.3) is 0 Å². The lowest BCUT2D eigenvalue weighted by atomic mass is 10.1. The van der Waals surface area contributed by atoms with Crippen LogP contribution in [-0.2, 0) is 0 Å². The molecule has 5 heteroatoms. The maximum absolute atomic E-state index is 9.31. The number of pyridine rings is 1. The highest BCUT2D eigenvalue weighted by molar-refractivity contribution is 5.44. The number of aliphatic hydroxyl groups excluding tert-OH is 1. The molecule has 2 heterocycles. The number of rotatable bonds is 3. The molecule has 1 fully saturated rings. The Morgan fingerprint density at radius 3 is 3.11 bits per heavy atom. The van der Waals surface area contributed by atoms with Gasteiger partial charge in [0, 0.05) is 24.3 Å². The van der Waals surface area contributed by atoms with E-state index in [0.717, 1.165) is 30.6 Å². The molecule has 96 valence electrons. The molecule has 1 saturated carbocycles. The maximum Gasteiger partial charge on any atom is 0.243 e. The lowest BCUT2D eigenvalue weighted by Gasteiger charge is -2.17. The van der Waals surface area contributed by atoms with E-state index in [1.54, 1.807) is 0 Å². The van der Waals surface area contributed by atoms with Crippen LogP contribution in [0.4, 0.5) is 5.95 Å². The highest BCUT2D eigenvalue weighted by atomic mass is 16.3. The van der Waals surface area contributed by atoms with Gasteiger partial charge in [-0.2, -0.15) is 4.98 Å². The maximum atomic E-state index is 9.31. The minimum atomic E-state index is 0.240. The fraction of sp³-hybridized carbons (Fsp3) is 0.538. The molecule has 2 aromatic heterocycles. The molecule has 0 spiro atoms. The molecule has 0 aromatic carbocycles. The van der Waals surface area contributed by atoms with Crippen LogP contribution < -0.4 is 5.32 Å². The minimum Gasteiger partial charge on any atom is -0.396 e. The Labute approximate surface area is 106 Å². The molecule has 0 saturated heterocycles. The smallest absolute Gasteiger partial charge is 0.243 e. The first-order chi connectivity index (χ1) is 8.78. The normalized spacial score (nSPS) is 23.7. The predicted molar refractivity (Wildman–Crippen MR) is 69.6 cm³/mol. The molecule has 3 rings (SSSR count). The van der Waals surface area contributed by atoms with E-state index in [2.05, 4.69) is 15.4 Å². The number of hydrogen-bond acceptors (Lipinski definition) is 4. The molecular formula is C13H18N4O.